The Morgan fingerprint density at radius 2 is 1.57 bits per heavy atom. The van der Waals surface area contributed by atoms with Crippen molar-refractivity contribution in [2.75, 3.05) is 17.7 Å². The zero-order valence-electron chi connectivity index (χ0n) is 26.2. The maximum absolute atomic E-state index is 13.7. The van der Waals surface area contributed by atoms with Gasteiger partial charge in [-0.1, -0.05) is 66.7 Å². The van der Waals surface area contributed by atoms with Crippen molar-refractivity contribution < 1.29 is 19.1 Å². The molecular weight excluding hydrogens is 673 g/mol. The van der Waals surface area contributed by atoms with Crippen molar-refractivity contribution in [1.82, 2.24) is 10.3 Å². The third kappa shape index (κ3) is 8.90. The topological polar surface area (TPSA) is 109 Å². The maximum Gasteiger partial charge on any atom is 0.272 e. The number of carbonyl (C=O) groups excluding carboxylic acids is 3. The van der Waals surface area contributed by atoms with E-state index in [-0.39, 0.29) is 17.5 Å². The molecule has 6 aromatic rings. The summed E-state index contributed by atoms with van der Waals surface area (Å²) in [6.45, 7) is 0. The van der Waals surface area contributed by atoms with Gasteiger partial charge in [0.05, 0.1) is 12.8 Å². The molecule has 0 aliphatic rings. The largest absolute Gasteiger partial charge is 0.497 e. The second kappa shape index (κ2) is 16.1. The highest BCUT2D eigenvalue weighted by molar-refractivity contribution is 8.00. The fourth-order valence-electron chi connectivity index (χ4n) is 4.73. The summed E-state index contributed by atoms with van der Waals surface area (Å²) >= 11 is 4.20. The Morgan fingerprint density at radius 1 is 0.816 bits per heavy atom. The Kier molecular flexibility index (Phi) is 11.0. The second-order valence-corrected chi connectivity index (χ2v) is 13.6. The monoisotopic (exact) mass is 702 g/mol. The summed E-state index contributed by atoms with van der Waals surface area (Å²) in [5.41, 5.74) is 3.57. The standard InChI is InChI=1S/C38H30N4O4S3/c1-46-29-15-8-14-27(22-29)33-24-48-38(41-33)42-37(45)34(25-10-4-2-5-11-25)49-30-19-17-28(18-20-30)39-36(44)32(23-31-16-9-21-47-31)40-35(43)26-12-6-3-7-13-26/h2-24,34H,1H3,(H,39,44)(H,40,43)(H,41,42,45)/b32-23-. The fourth-order valence-corrected chi connectivity index (χ4v) is 7.13. The number of thioether (sulfide) groups is 1. The number of thiophene rings is 1. The lowest BCUT2D eigenvalue weighted by Gasteiger charge is -2.17. The van der Waals surface area contributed by atoms with Crippen LogP contribution in [0.15, 0.2) is 143 Å². The van der Waals surface area contributed by atoms with Crippen molar-refractivity contribution in [1.29, 1.82) is 0 Å². The number of nitrogens with zero attached hydrogens (tertiary/aromatic N) is 1. The summed E-state index contributed by atoms with van der Waals surface area (Å²) in [6, 6.07) is 36.8. The van der Waals surface area contributed by atoms with Gasteiger partial charge < -0.3 is 20.7 Å². The van der Waals surface area contributed by atoms with Crippen LogP contribution in [0, 0.1) is 0 Å². The summed E-state index contributed by atoms with van der Waals surface area (Å²) in [6.07, 6.45) is 1.65. The molecule has 4 aromatic carbocycles. The van der Waals surface area contributed by atoms with Crippen molar-refractivity contribution in [3.63, 3.8) is 0 Å². The van der Waals surface area contributed by atoms with E-state index < -0.39 is 11.2 Å². The van der Waals surface area contributed by atoms with Gasteiger partial charge in [-0.15, -0.1) is 34.4 Å². The van der Waals surface area contributed by atoms with Crippen molar-refractivity contribution in [2.24, 2.45) is 0 Å². The number of ether oxygens (including phenoxy) is 1. The molecule has 6 rings (SSSR count). The number of thiazole rings is 1. The summed E-state index contributed by atoms with van der Waals surface area (Å²) in [7, 11) is 1.62. The molecule has 1 atom stereocenters. The molecule has 2 heterocycles. The molecule has 0 radical (unpaired) electrons. The van der Waals surface area contributed by atoms with Crippen LogP contribution in [0.1, 0.15) is 26.0 Å². The van der Waals surface area contributed by atoms with Crippen LogP contribution in [0.4, 0.5) is 10.8 Å². The second-order valence-electron chi connectivity index (χ2n) is 10.5. The molecule has 0 fully saturated rings. The Bertz CT molecular complexity index is 2060. The van der Waals surface area contributed by atoms with Crippen LogP contribution in [0.25, 0.3) is 17.3 Å². The number of benzene rings is 4. The molecule has 8 nitrogen and oxygen atoms in total. The predicted molar refractivity (Wildman–Crippen MR) is 199 cm³/mol. The molecular formula is C38H30N4O4S3. The normalized spacial score (nSPS) is 11.7. The molecule has 0 saturated heterocycles. The van der Waals surface area contributed by atoms with E-state index in [1.807, 2.05) is 95.7 Å². The van der Waals surface area contributed by atoms with Gasteiger partial charge in [-0.25, -0.2) is 4.98 Å². The van der Waals surface area contributed by atoms with E-state index in [9.17, 15) is 14.4 Å². The Morgan fingerprint density at radius 3 is 2.29 bits per heavy atom. The first-order chi connectivity index (χ1) is 23.9. The lowest BCUT2D eigenvalue weighted by Crippen LogP contribution is -2.30. The van der Waals surface area contributed by atoms with E-state index >= 15 is 0 Å². The molecule has 1 unspecified atom stereocenters. The van der Waals surface area contributed by atoms with Crippen LogP contribution in [0.2, 0.25) is 0 Å². The molecule has 244 valence electrons. The van der Waals surface area contributed by atoms with E-state index in [0.29, 0.717) is 16.4 Å². The van der Waals surface area contributed by atoms with Gasteiger partial charge >= 0.3 is 0 Å². The van der Waals surface area contributed by atoms with Crippen molar-refractivity contribution in [2.45, 2.75) is 10.1 Å². The number of rotatable bonds is 12. The van der Waals surface area contributed by atoms with E-state index in [1.54, 1.807) is 49.6 Å². The highest BCUT2D eigenvalue weighted by Gasteiger charge is 2.24. The van der Waals surface area contributed by atoms with Gasteiger partial charge in [0, 0.05) is 32.0 Å². The molecule has 0 spiro atoms. The average molecular weight is 703 g/mol. The molecule has 0 aliphatic carbocycles. The molecule has 11 heteroatoms. The summed E-state index contributed by atoms with van der Waals surface area (Å²) in [4.78, 5) is 46.3. The average Bonchev–Trinajstić information content (AvgIpc) is 3.84. The van der Waals surface area contributed by atoms with Crippen LogP contribution in [0.5, 0.6) is 5.75 Å². The Hall–Kier alpha value is -5.49. The maximum atomic E-state index is 13.7. The third-order valence-corrected chi connectivity index (χ3v) is 10.0. The predicted octanol–water partition coefficient (Wildman–Crippen LogP) is 8.76. The van der Waals surface area contributed by atoms with Gasteiger partial charge in [-0.05, 0) is 71.6 Å². The van der Waals surface area contributed by atoms with Gasteiger partial charge in [-0.3, -0.25) is 14.4 Å². The first-order valence-electron chi connectivity index (χ1n) is 15.1. The zero-order chi connectivity index (χ0) is 34.0. The molecule has 0 aliphatic heterocycles. The Balaban J connectivity index is 1.15. The highest BCUT2D eigenvalue weighted by Crippen LogP contribution is 2.37. The van der Waals surface area contributed by atoms with E-state index in [4.69, 9.17) is 4.74 Å². The van der Waals surface area contributed by atoms with Crippen LogP contribution in [0.3, 0.4) is 0 Å². The summed E-state index contributed by atoms with van der Waals surface area (Å²) in [5.74, 6) is -0.328. The molecule has 0 bridgehead atoms. The smallest absolute Gasteiger partial charge is 0.272 e. The van der Waals surface area contributed by atoms with Gasteiger partial charge in [0.25, 0.3) is 11.8 Å². The van der Waals surface area contributed by atoms with E-state index in [2.05, 4.69) is 20.9 Å². The van der Waals surface area contributed by atoms with E-state index in [0.717, 1.165) is 32.3 Å². The van der Waals surface area contributed by atoms with Crippen LogP contribution < -0.4 is 20.7 Å². The quantitative estimate of drug-likeness (QED) is 0.0869. The number of methoxy groups -OCH3 is 1. The van der Waals surface area contributed by atoms with Crippen molar-refractivity contribution in [3.05, 3.63) is 154 Å². The SMILES string of the molecule is COc1cccc(-c2csc(NC(=O)C(Sc3ccc(NC(=O)/C(=C/c4cccs4)NC(=O)c4ccccc4)cc3)c3ccccc3)n2)c1. The lowest BCUT2D eigenvalue weighted by atomic mass is 10.1. The molecule has 2 aromatic heterocycles. The molecule has 0 saturated carbocycles. The van der Waals surface area contributed by atoms with Gasteiger partial charge in [0.1, 0.15) is 16.7 Å². The fraction of sp³-hybridized carbons (Fsp3) is 0.0526. The van der Waals surface area contributed by atoms with Gasteiger partial charge in [0.15, 0.2) is 5.13 Å². The number of hydrogen-bond acceptors (Lipinski definition) is 8. The van der Waals surface area contributed by atoms with Gasteiger partial charge in [0.2, 0.25) is 5.91 Å². The van der Waals surface area contributed by atoms with Crippen LogP contribution in [-0.2, 0) is 9.59 Å². The number of anilines is 2. The molecule has 49 heavy (non-hydrogen) atoms. The molecule has 3 N–H and O–H groups in total. The number of nitrogens with one attached hydrogen (secondary N) is 3. The van der Waals surface area contributed by atoms with E-state index in [1.165, 1.54) is 34.4 Å². The van der Waals surface area contributed by atoms with Crippen LogP contribution >= 0.6 is 34.4 Å². The number of carbonyl (C=O) groups is 3. The first-order valence-corrected chi connectivity index (χ1v) is 17.7. The van der Waals surface area contributed by atoms with Crippen molar-refractivity contribution >= 4 is 69.1 Å². The van der Waals surface area contributed by atoms with Gasteiger partial charge in [-0.2, -0.15) is 0 Å². The highest BCUT2D eigenvalue weighted by atomic mass is 32.2. The number of amides is 3. The molecule has 3 amide bonds. The minimum atomic E-state index is -0.570. The number of aromatic nitrogens is 1. The van der Waals surface area contributed by atoms with Crippen LogP contribution in [-0.4, -0.2) is 29.8 Å². The third-order valence-electron chi connectivity index (χ3n) is 7.16. The van der Waals surface area contributed by atoms with Crippen molar-refractivity contribution in [3.8, 4) is 17.0 Å². The first kappa shape index (κ1) is 33.4. The minimum Gasteiger partial charge on any atom is -0.497 e. The lowest BCUT2D eigenvalue weighted by molar-refractivity contribution is -0.116. The summed E-state index contributed by atoms with van der Waals surface area (Å²) in [5, 5.41) is 12.4. The minimum absolute atomic E-state index is 0.118. The number of hydrogen-bond donors (Lipinski definition) is 3. The Labute approximate surface area is 295 Å². The zero-order valence-corrected chi connectivity index (χ0v) is 28.6. The summed E-state index contributed by atoms with van der Waals surface area (Å²) < 4.78 is 5.33.